The van der Waals surface area contributed by atoms with Gasteiger partial charge in [-0.05, 0) is 37.1 Å². The second-order valence-corrected chi connectivity index (χ2v) is 8.68. The van der Waals surface area contributed by atoms with Crippen LogP contribution in [0, 0.1) is 12.7 Å². The van der Waals surface area contributed by atoms with Crippen molar-refractivity contribution < 1.29 is 14.0 Å². The first kappa shape index (κ1) is 23.6. The van der Waals surface area contributed by atoms with Crippen molar-refractivity contribution in [2.45, 2.75) is 39.7 Å². The number of aryl methyl sites for hydroxylation is 2. The van der Waals surface area contributed by atoms with Crippen LogP contribution in [0.15, 0.2) is 47.3 Å². The summed E-state index contributed by atoms with van der Waals surface area (Å²) < 4.78 is 15.3. The summed E-state index contributed by atoms with van der Waals surface area (Å²) in [5.41, 5.74) is 0.855. The van der Waals surface area contributed by atoms with Gasteiger partial charge in [0, 0.05) is 43.7 Å². The number of fused-ring (bicyclic) bond motifs is 1. The van der Waals surface area contributed by atoms with Gasteiger partial charge in [-0.2, -0.15) is 5.10 Å². The molecule has 1 saturated heterocycles. The second-order valence-electron chi connectivity index (χ2n) is 8.68. The van der Waals surface area contributed by atoms with Crippen LogP contribution in [-0.4, -0.2) is 57.6 Å². The summed E-state index contributed by atoms with van der Waals surface area (Å²) in [5.74, 6) is -0.917. The monoisotopic (exact) mass is 464 g/mol. The van der Waals surface area contributed by atoms with E-state index in [1.165, 1.54) is 10.7 Å². The molecule has 8 heteroatoms. The Morgan fingerprint density at radius 3 is 2.24 bits per heavy atom. The van der Waals surface area contributed by atoms with E-state index in [-0.39, 0.29) is 23.1 Å². The summed E-state index contributed by atoms with van der Waals surface area (Å²) >= 11 is 0. The number of piperazine rings is 1. The van der Waals surface area contributed by atoms with Crippen LogP contribution in [0.25, 0.3) is 10.8 Å². The van der Waals surface area contributed by atoms with Gasteiger partial charge in [-0.15, -0.1) is 0 Å². The number of hydrogen-bond donors (Lipinski definition) is 0. The highest BCUT2D eigenvalue weighted by Crippen LogP contribution is 2.18. The molecule has 0 radical (unpaired) electrons. The average Bonchev–Trinajstić information content (AvgIpc) is 2.86. The van der Waals surface area contributed by atoms with Crippen molar-refractivity contribution in [1.29, 1.82) is 0 Å². The molecule has 0 unspecified atom stereocenters. The largest absolute Gasteiger partial charge is 0.335 e. The molecule has 0 bridgehead atoms. The number of aromatic nitrogens is 2. The summed E-state index contributed by atoms with van der Waals surface area (Å²) in [4.78, 5) is 42.4. The smallest absolute Gasteiger partial charge is 0.275 e. The molecule has 2 aromatic carbocycles. The number of carbonyl (C=O) groups excluding carboxylic acids is 2. The first-order valence-electron chi connectivity index (χ1n) is 11.7. The van der Waals surface area contributed by atoms with E-state index in [2.05, 4.69) is 12.0 Å². The maximum Gasteiger partial charge on any atom is 0.275 e. The Morgan fingerprint density at radius 2 is 1.59 bits per heavy atom. The zero-order valence-corrected chi connectivity index (χ0v) is 19.6. The van der Waals surface area contributed by atoms with Crippen LogP contribution in [0.5, 0.6) is 0 Å². The van der Waals surface area contributed by atoms with Crippen LogP contribution in [0.3, 0.4) is 0 Å². The van der Waals surface area contributed by atoms with Crippen LogP contribution in [-0.2, 0) is 6.54 Å². The Hall–Kier alpha value is -3.55. The lowest BCUT2D eigenvalue weighted by Gasteiger charge is -2.34. The molecule has 178 valence electrons. The molecule has 1 aromatic heterocycles. The molecular weight excluding hydrogens is 435 g/mol. The molecule has 34 heavy (non-hydrogen) atoms. The van der Waals surface area contributed by atoms with Crippen LogP contribution >= 0.6 is 0 Å². The van der Waals surface area contributed by atoms with Crippen LogP contribution < -0.4 is 5.56 Å². The van der Waals surface area contributed by atoms with E-state index in [4.69, 9.17) is 0 Å². The Balaban J connectivity index is 1.53. The van der Waals surface area contributed by atoms with E-state index in [9.17, 15) is 18.8 Å². The van der Waals surface area contributed by atoms with Crippen LogP contribution in [0.2, 0.25) is 0 Å². The van der Waals surface area contributed by atoms with Crippen LogP contribution in [0.4, 0.5) is 4.39 Å². The second kappa shape index (κ2) is 10.2. The normalized spacial score (nSPS) is 14.0. The van der Waals surface area contributed by atoms with Gasteiger partial charge in [0.1, 0.15) is 5.82 Å². The van der Waals surface area contributed by atoms with E-state index in [0.29, 0.717) is 54.6 Å². The molecule has 0 N–H and O–H groups in total. The molecule has 2 amide bonds. The predicted molar refractivity (Wildman–Crippen MR) is 128 cm³/mol. The lowest BCUT2D eigenvalue weighted by molar-refractivity contribution is 0.0532. The van der Waals surface area contributed by atoms with Crippen LogP contribution in [0.1, 0.15) is 52.6 Å². The first-order valence-corrected chi connectivity index (χ1v) is 11.7. The number of rotatable bonds is 6. The van der Waals surface area contributed by atoms with Gasteiger partial charge < -0.3 is 9.80 Å². The summed E-state index contributed by atoms with van der Waals surface area (Å²) in [6, 6.07) is 11.5. The van der Waals surface area contributed by atoms with Gasteiger partial charge in [0.05, 0.1) is 5.39 Å². The Morgan fingerprint density at radius 1 is 0.941 bits per heavy atom. The summed E-state index contributed by atoms with van der Waals surface area (Å²) in [6.45, 7) is 5.56. The predicted octanol–water partition coefficient (Wildman–Crippen LogP) is 3.63. The number of benzene rings is 2. The number of halogens is 1. The van der Waals surface area contributed by atoms with E-state index < -0.39 is 5.82 Å². The molecular formula is C26H29FN4O3. The maximum absolute atomic E-state index is 13.9. The molecule has 3 aromatic rings. The molecule has 7 nitrogen and oxygen atoms in total. The number of carbonyl (C=O) groups is 2. The Labute approximate surface area is 197 Å². The Kier molecular flexibility index (Phi) is 7.05. The fourth-order valence-corrected chi connectivity index (χ4v) is 4.23. The average molecular weight is 465 g/mol. The molecule has 0 spiro atoms. The highest BCUT2D eigenvalue weighted by Gasteiger charge is 2.28. The van der Waals surface area contributed by atoms with Gasteiger partial charge in [-0.1, -0.05) is 44.0 Å². The maximum atomic E-state index is 13.9. The molecule has 4 rings (SSSR count). The summed E-state index contributed by atoms with van der Waals surface area (Å²) in [6.07, 6.45) is 2.81. The standard InChI is InChI=1S/C26H29FN4O3/c1-3-4-7-12-31-25(33)21-9-6-5-8-20(21)23(28-31)26(34)30-15-13-29(14-16-30)24(32)19-11-10-18(2)22(27)17-19/h5-6,8-11,17H,3-4,7,12-16H2,1-2H3. The minimum absolute atomic E-state index is 0.191. The first-order chi connectivity index (χ1) is 16.4. The topological polar surface area (TPSA) is 75.5 Å². The van der Waals surface area contributed by atoms with Gasteiger partial charge >= 0.3 is 0 Å². The zero-order valence-electron chi connectivity index (χ0n) is 19.6. The third kappa shape index (κ3) is 4.71. The van der Waals surface area contributed by atoms with E-state index in [1.54, 1.807) is 53.1 Å². The fourth-order valence-electron chi connectivity index (χ4n) is 4.23. The van der Waals surface area contributed by atoms with Crippen molar-refractivity contribution in [1.82, 2.24) is 19.6 Å². The highest BCUT2D eigenvalue weighted by atomic mass is 19.1. The lowest BCUT2D eigenvalue weighted by atomic mass is 10.1. The zero-order chi connectivity index (χ0) is 24.2. The number of amides is 2. The van der Waals surface area contributed by atoms with Gasteiger partial charge in [0.15, 0.2) is 5.69 Å². The number of nitrogens with zero attached hydrogens (tertiary/aromatic N) is 4. The van der Waals surface area contributed by atoms with E-state index >= 15 is 0 Å². The van der Waals surface area contributed by atoms with Crippen molar-refractivity contribution in [2.75, 3.05) is 26.2 Å². The molecule has 0 aliphatic carbocycles. The Bertz CT molecular complexity index is 1280. The molecule has 2 heterocycles. The molecule has 1 aliphatic rings. The van der Waals surface area contributed by atoms with Gasteiger partial charge in [-0.25, -0.2) is 9.07 Å². The third-order valence-electron chi connectivity index (χ3n) is 6.32. The van der Waals surface area contributed by atoms with Gasteiger partial charge in [0.25, 0.3) is 17.4 Å². The lowest BCUT2D eigenvalue weighted by Crippen LogP contribution is -2.51. The minimum Gasteiger partial charge on any atom is -0.335 e. The van der Waals surface area contributed by atoms with E-state index in [0.717, 1.165) is 19.3 Å². The SMILES string of the molecule is CCCCCn1nc(C(=O)N2CCN(C(=O)c3ccc(C)c(F)c3)CC2)c2ccccc2c1=O. The third-order valence-corrected chi connectivity index (χ3v) is 6.32. The molecule has 1 fully saturated rings. The number of unbranched alkanes of at least 4 members (excludes halogenated alkanes) is 2. The summed E-state index contributed by atoms with van der Waals surface area (Å²) in [7, 11) is 0. The van der Waals surface area contributed by atoms with Crippen molar-refractivity contribution in [2.24, 2.45) is 0 Å². The van der Waals surface area contributed by atoms with Gasteiger partial charge in [0.2, 0.25) is 0 Å². The van der Waals surface area contributed by atoms with Crippen molar-refractivity contribution in [3.05, 3.63) is 75.5 Å². The highest BCUT2D eigenvalue weighted by molar-refractivity contribution is 6.05. The molecule has 0 atom stereocenters. The summed E-state index contributed by atoms with van der Waals surface area (Å²) in [5, 5.41) is 5.48. The van der Waals surface area contributed by atoms with Crippen molar-refractivity contribution >= 4 is 22.6 Å². The van der Waals surface area contributed by atoms with E-state index in [1.807, 2.05) is 0 Å². The molecule has 1 aliphatic heterocycles. The quantitative estimate of drug-likeness (QED) is 0.522. The van der Waals surface area contributed by atoms with Crippen molar-refractivity contribution in [3.8, 4) is 0 Å². The molecule has 0 saturated carbocycles. The fraction of sp³-hybridized carbons (Fsp3) is 0.385. The van der Waals surface area contributed by atoms with Gasteiger partial charge in [-0.3, -0.25) is 14.4 Å². The van der Waals surface area contributed by atoms with Crippen molar-refractivity contribution in [3.63, 3.8) is 0 Å². The number of hydrogen-bond acceptors (Lipinski definition) is 4. The minimum atomic E-state index is -0.410.